The van der Waals surface area contributed by atoms with E-state index in [9.17, 15) is 8.42 Å². The van der Waals surface area contributed by atoms with E-state index in [4.69, 9.17) is 5.26 Å². The lowest BCUT2D eigenvalue weighted by molar-refractivity contribution is 0.564. The van der Waals surface area contributed by atoms with Crippen LogP contribution in [0.15, 0.2) is 17.5 Å². The maximum absolute atomic E-state index is 11.2. The van der Waals surface area contributed by atoms with E-state index in [1.54, 1.807) is 24.3 Å². The molecule has 4 nitrogen and oxygen atoms in total. The van der Waals surface area contributed by atoms with Gasteiger partial charge < -0.3 is 0 Å². The molecule has 15 heavy (non-hydrogen) atoms. The molecule has 0 spiro atoms. The zero-order valence-corrected chi connectivity index (χ0v) is 9.94. The van der Waals surface area contributed by atoms with Crippen LogP contribution in [-0.2, 0) is 16.4 Å². The van der Waals surface area contributed by atoms with Crippen LogP contribution in [-0.4, -0.2) is 20.2 Å². The van der Waals surface area contributed by atoms with Gasteiger partial charge in [-0.05, 0) is 24.8 Å². The van der Waals surface area contributed by atoms with Gasteiger partial charge in [-0.2, -0.15) is 5.26 Å². The quantitative estimate of drug-likeness (QED) is 0.844. The molecule has 0 saturated heterocycles. The fraction of sp³-hybridized carbons (Fsp3) is 0.444. The number of thiophene rings is 1. The summed E-state index contributed by atoms with van der Waals surface area (Å²) in [6, 6.07) is 5.33. The second kappa shape index (κ2) is 5.26. The van der Waals surface area contributed by atoms with Gasteiger partial charge in [-0.1, -0.05) is 6.07 Å². The number of nitrogens with one attached hydrogen (secondary N) is 1. The largest absolute Gasteiger partial charge is 0.225 e. The summed E-state index contributed by atoms with van der Waals surface area (Å²) in [4.78, 5) is 1.13. The van der Waals surface area contributed by atoms with E-state index in [0.717, 1.165) is 4.88 Å². The summed E-state index contributed by atoms with van der Waals surface area (Å²) in [7, 11) is -3.44. The molecule has 0 saturated carbocycles. The Morgan fingerprint density at radius 1 is 1.67 bits per heavy atom. The second-order valence-electron chi connectivity index (χ2n) is 3.22. The van der Waals surface area contributed by atoms with E-state index in [0.29, 0.717) is 6.42 Å². The molecule has 1 aromatic heterocycles. The van der Waals surface area contributed by atoms with Crippen molar-refractivity contribution in [2.45, 2.75) is 19.4 Å². The summed E-state index contributed by atoms with van der Waals surface area (Å²) in [6.45, 7) is 1.79. The minimum Gasteiger partial charge on any atom is -0.211 e. The average Bonchev–Trinajstić information content (AvgIpc) is 2.54. The summed E-state index contributed by atoms with van der Waals surface area (Å²) in [5, 5.41) is 10.3. The number of hydrogen-bond donors (Lipinski definition) is 1. The van der Waals surface area contributed by atoms with Crippen LogP contribution in [0.5, 0.6) is 0 Å². The molecule has 82 valence electrons. The average molecular weight is 244 g/mol. The first-order valence-electron chi connectivity index (χ1n) is 4.43. The first kappa shape index (κ1) is 12.2. The predicted molar refractivity (Wildman–Crippen MR) is 60.0 cm³/mol. The molecule has 0 aliphatic carbocycles. The van der Waals surface area contributed by atoms with E-state index < -0.39 is 15.8 Å². The lowest BCUT2D eigenvalue weighted by Gasteiger charge is -2.11. The molecule has 0 amide bonds. The van der Waals surface area contributed by atoms with Crippen molar-refractivity contribution in [2.24, 2.45) is 0 Å². The molecule has 0 fully saturated rings. The van der Waals surface area contributed by atoms with Gasteiger partial charge in [-0.3, -0.25) is 0 Å². The predicted octanol–water partition coefficient (Wildman–Crippen LogP) is 1.12. The Morgan fingerprint density at radius 2 is 2.40 bits per heavy atom. The molecule has 1 rings (SSSR count). The number of nitriles is 1. The highest BCUT2D eigenvalue weighted by atomic mass is 32.2. The third kappa shape index (κ3) is 4.42. The molecule has 1 unspecified atom stereocenters. The number of sulfonamides is 1. The molecule has 0 bridgehead atoms. The molecule has 6 heteroatoms. The zero-order chi connectivity index (χ0) is 11.3. The molecule has 1 heterocycles. The minimum absolute atomic E-state index is 0.179. The monoisotopic (exact) mass is 244 g/mol. The van der Waals surface area contributed by atoms with Crippen molar-refractivity contribution in [3.63, 3.8) is 0 Å². The summed E-state index contributed by atoms with van der Waals surface area (Å²) in [6.07, 6.45) is 0.655. The SMILES string of the molecule is CC(Cc1cccs1)NS(=O)(=O)CC#N. The molecule has 0 radical (unpaired) electrons. The third-order valence-electron chi connectivity index (χ3n) is 1.72. The van der Waals surface area contributed by atoms with Crippen molar-refractivity contribution in [2.75, 3.05) is 5.75 Å². The molecular weight excluding hydrogens is 232 g/mol. The maximum Gasteiger partial charge on any atom is 0.225 e. The number of rotatable bonds is 5. The van der Waals surface area contributed by atoms with Crippen molar-refractivity contribution in [3.8, 4) is 6.07 Å². The van der Waals surface area contributed by atoms with Gasteiger partial charge in [0.25, 0.3) is 0 Å². The molecule has 0 aliphatic rings. The normalized spacial score (nSPS) is 13.3. The second-order valence-corrected chi connectivity index (χ2v) is 6.01. The van der Waals surface area contributed by atoms with Gasteiger partial charge in [0.05, 0.1) is 6.07 Å². The van der Waals surface area contributed by atoms with E-state index in [2.05, 4.69) is 4.72 Å². The van der Waals surface area contributed by atoms with Crippen molar-refractivity contribution in [1.29, 1.82) is 5.26 Å². The fourth-order valence-electron chi connectivity index (χ4n) is 1.21. The minimum atomic E-state index is -3.44. The van der Waals surface area contributed by atoms with Crippen molar-refractivity contribution < 1.29 is 8.42 Å². The van der Waals surface area contributed by atoms with Crippen LogP contribution in [0.1, 0.15) is 11.8 Å². The lowest BCUT2D eigenvalue weighted by atomic mass is 10.2. The van der Waals surface area contributed by atoms with Gasteiger partial charge in [0.2, 0.25) is 10.0 Å². The van der Waals surface area contributed by atoms with Gasteiger partial charge >= 0.3 is 0 Å². The van der Waals surface area contributed by atoms with Crippen molar-refractivity contribution in [3.05, 3.63) is 22.4 Å². The Bertz CT molecular complexity index is 431. The van der Waals surface area contributed by atoms with Gasteiger partial charge in [0.1, 0.15) is 0 Å². The Labute approximate surface area is 93.6 Å². The standard InChI is InChI=1S/C9H12N2O2S2/c1-8(7-9-3-2-5-14-9)11-15(12,13)6-4-10/h2-3,5,8,11H,6-7H2,1H3. The highest BCUT2D eigenvalue weighted by molar-refractivity contribution is 7.89. The maximum atomic E-state index is 11.2. The van der Waals surface area contributed by atoms with E-state index in [1.807, 2.05) is 17.5 Å². The lowest BCUT2D eigenvalue weighted by Crippen LogP contribution is -2.35. The van der Waals surface area contributed by atoms with Gasteiger partial charge in [-0.15, -0.1) is 11.3 Å². The third-order valence-corrected chi connectivity index (χ3v) is 3.89. The first-order chi connectivity index (χ1) is 7.03. The molecule has 0 aliphatic heterocycles. The van der Waals surface area contributed by atoms with Crippen LogP contribution in [0.4, 0.5) is 0 Å². The van der Waals surface area contributed by atoms with E-state index >= 15 is 0 Å². The number of nitrogens with zero attached hydrogens (tertiary/aromatic N) is 1. The van der Waals surface area contributed by atoms with Crippen LogP contribution in [0.3, 0.4) is 0 Å². The molecule has 1 N–H and O–H groups in total. The summed E-state index contributed by atoms with van der Waals surface area (Å²) in [5.74, 6) is -0.484. The fourth-order valence-corrected chi connectivity index (χ4v) is 2.99. The highest BCUT2D eigenvalue weighted by Crippen LogP contribution is 2.11. The van der Waals surface area contributed by atoms with Crippen LogP contribution in [0.25, 0.3) is 0 Å². The Morgan fingerprint density at radius 3 is 2.93 bits per heavy atom. The van der Waals surface area contributed by atoms with Crippen molar-refractivity contribution >= 4 is 21.4 Å². The Kier molecular flexibility index (Phi) is 4.27. The zero-order valence-electron chi connectivity index (χ0n) is 8.30. The smallest absolute Gasteiger partial charge is 0.211 e. The topological polar surface area (TPSA) is 70.0 Å². The summed E-state index contributed by atoms with van der Waals surface area (Å²) < 4.78 is 24.9. The van der Waals surface area contributed by atoms with E-state index in [1.165, 1.54) is 0 Å². The van der Waals surface area contributed by atoms with E-state index in [-0.39, 0.29) is 6.04 Å². The highest BCUT2D eigenvalue weighted by Gasteiger charge is 2.14. The van der Waals surface area contributed by atoms with Crippen molar-refractivity contribution in [1.82, 2.24) is 4.72 Å². The van der Waals surface area contributed by atoms with Crippen LogP contribution in [0.2, 0.25) is 0 Å². The van der Waals surface area contributed by atoms with Gasteiger partial charge in [0.15, 0.2) is 5.75 Å². The van der Waals surface area contributed by atoms with Crippen LogP contribution < -0.4 is 4.72 Å². The Balaban J connectivity index is 2.50. The molecular formula is C9H12N2O2S2. The molecule has 1 aromatic rings. The van der Waals surface area contributed by atoms with Crippen LogP contribution in [0, 0.1) is 11.3 Å². The molecule has 0 aromatic carbocycles. The summed E-state index contributed by atoms with van der Waals surface area (Å²) in [5.41, 5.74) is 0. The summed E-state index contributed by atoms with van der Waals surface area (Å²) >= 11 is 1.59. The Hall–Kier alpha value is -0.900. The van der Waals surface area contributed by atoms with Crippen LogP contribution >= 0.6 is 11.3 Å². The number of hydrogen-bond acceptors (Lipinski definition) is 4. The first-order valence-corrected chi connectivity index (χ1v) is 6.96. The van der Waals surface area contributed by atoms with Gasteiger partial charge in [-0.25, -0.2) is 13.1 Å². The van der Waals surface area contributed by atoms with Gasteiger partial charge in [0, 0.05) is 10.9 Å². The molecule has 1 atom stereocenters.